The molecular formula is C27H32N8O2. The molecular weight excluding hydrogens is 468 g/mol. The maximum absolute atomic E-state index is 12.1. The molecule has 1 fully saturated rings. The van der Waals surface area contributed by atoms with Crippen molar-refractivity contribution in [1.29, 1.82) is 0 Å². The van der Waals surface area contributed by atoms with Gasteiger partial charge in [0.05, 0.1) is 12.3 Å². The summed E-state index contributed by atoms with van der Waals surface area (Å²) in [6.07, 6.45) is 2.27. The number of hydrogen-bond acceptors (Lipinski definition) is 8. The van der Waals surface area contributed by atoms with Gasteiger partial charge >= 0.3 is 0 Å². The number of nitrogens with zero attached hydrogens (tertiary/aromatic N) is 4. The Labute approximate surface area is 215 Å². The molecule has 1 aliphatic rings. The average Bonchev–Trinajstić information content (AvgIpc) is 3.33. The van der Waals surface area contributed by atoms with Gasteiger partial charge in [0.15, 0.2) is 5.65 Å². The van der Waals surface area contributed by atoms with Crippen molar-refractivity contribution < 1.29 is 9.90 Å². The number of β-amino-alcohol motifs (C(OH)–C–C–N with tert-alkyl or cyclic N) is 1. The van der Waals surface area contributed by atoms with E-state index in [1.54, 1.807) is 16.6 Å². The van der Waals surface area contributed by atoms with Gasteiger partial charge < -0.3 is 26.8 Å². The summed E-state index contributed by atoms with van der Waals surface area (Å²) in [5, 5.41) is 24.9. The Morgan fingerprint density at radius 3 is 2.68 bits per heavy atom. The van der Waals surface area contributed by atoms with Crippen LogP contribution in [0.3, 0.4) is 0 Å². The molecule has 192 valence electrons. The summed E-state index contributed by atoms with van der Waals surface area (Å²) in [4.78, 5) is 21.6. The first kappa shape index (κ1) is 24.7. The SMILES string of the molecule is CC(C)c1cnn2c(Nc3ccccc3-c3ccccc3C(N)=O)nc(NC[C@H]3CCNC[C@@H]3O)nc12. The lowest BCUT2D eigenvalue weighted by molar-refractivity contribution is 0.0883. The third kappa shape index (κ3) is 5.11. The predicted octanol–water partition coefficient (Wildman–Crippen LogP) is 3.14. The van der Waals surface area contributed by atoms with Crippen molar-refractivity contribution in [2.24, 2.45) is 11.7 Å². The molecule has 0 unspecified atom stereocenters. The number of aromatic nitrogens is 4. The molecule has 0 radical (unpaired) electrons. The fourth-order valence-corrected chi connectivity index (χ4v) is 4.70. The highest BCUT2D eigenvalue weighted by atomic mass is 16.3. The van der Waals surface area contributed by atoms with Crippen molar-refractivity contribution in [2.75, 3.05) is 30.3 Å². The Morgan fingerprint density at radius 2 is 1.92 bits per heavy atom. The third-order valence-electron chi connectivity index (χ3n) is 6.79. The van der Waals surface area contributed by atoms with Gasteiger partial charge in [-0.2, -0.15) is 19.6 Å². The molecule has 2 aromatic carbocycles. The van der Waals surface area contributed by atoms with Crippen LogP contribution in [0.5, 0.6) is 0 Å². The number of piperidine rings is 1. The number of nitrogens with one attached hydrogen (secondary N) is 3. The lowest BCUT2D eigenvalue weighted by atomic mass is 9.95. The molecule has 10 nitrogen and oxygen atoms in total. The van der Waals surface area contributed by atoms with Gasteiger partial charge in [-0.1, -0.05) is 50.2 Å². The van der Waals surface area contributed by atoms with Crippen LogP contribution in [-0.4, -0.2) is 56.3 Å². The lowest BCUT2D eigenvalue weighted by Gasteiger charge is -2.28. The van der Waals surface area contributed by atoms with E-state index in [1.165, 1.54) is 0 Å². The van der Waals surface area contributed by atoms with Crippen molar-refractivity contribution in [3.8, 4) is 11.1 Å². The molecule has 0 bridgehead atoms. The van der Waals surface area contributed by atoms with Gasteiger partial charge in [-0.15, -0.1) is 0 Å². The second-order valence-corrected chi connectivity index (χ2v) is 9.64. The van der Waals surface area contributed by atoms with E-state index in [0.29, 0.717) is 36.2 Å². The number of amides is 1. The summed E-state index contributed by atoms with van der Waals surface area (Å²) in [6, 6.07) is 14.9. The van der Waals surface area contributed by atoms with Crippen LogP contribution < -0.4 is 21.7 Å². The van der Waals surface area contributed by atoms with Crippen LogP contribution in [0, 0.1) is 5.92 Å². The number of benzene rings is 2. The van der Waals surface area contributed by atoms with Crippen LogP contribution in [0.1, 0.15) is 42.1 Å². The highest BCUT2D eigenvalue weighted by Gasteiger charge is 2.23. The standard InChI is InChI=1S/C27H32N8O2/c1-16(2)21-14-31-35-25(21)33-26(30-13-17-11-12-29-15-23(17)36)34-27(35)32-22-10-6-5-8-19(22)18-7-3-4-9-20(18)24(28)37/h3-10,14,16-17,23,29,36H,11-13,15H2,1-2H3,(H2,28,37)(H2,30,32,33,34)/t17-,23+/m1/s1. The van der Waals surface area contributed by atoms with E-state index in [0.717, 1.165) is 35.3 Å². The summed E-state index contributed by atoms with van der Waals surface area (Å²) in [5.74, 6) is 0.773. The number of rotatable bonds is 8. The minimum atomic E-state index is -0.491. The van der Waals surface area contributed by atoms with Crippen molar-refractivity contribution in [2.45, 2.75) is 32.3 Å². The molecule has 6 N–H and O–H groups in total. The maximum Gasteiger partial charge on any atom is 0.249 e. The smallest absolute Gasteiger partial charge is 0.249 e. The molecule has 0 aliphatic carbocycles. The number of carbonyl (C=O) groups is 1. The van der Waals surface area contributed by atoms with Crippen molar-refractivity contribution in [1.82, 2.24) is 24.9 Å². The summed E-state index contributed by atoms with van der Waals surface area (Å²) in [7, 11) is 0. The van der Waals surface area contributed by atoms with E-state index in [1.807, 2.05) is 42.6 Å². The van der Waals surface area contributed by atoms with E-state index >= 15 is 0 Å². The molecule has 37 heavy (non-hydrogen) atoms. The molecule has 5 rings (SSSR count). The van der Waals surface area contributed by atoms with Crippen LogP contribution in [0.2, 0.25) is 0 Å². The maximum atomic E-state index is 12.1. The molecule has 1 amide bonds. The Bertz CT molecular complexity index is 1420. The molecule has 3 heterocycles. The monoisotopic (exact) mass is 500 g/mol. The van der Waals surface area contributed by atoms with Crippen LogP contribution in [-0.2, 0) is 0 Å². The first-order valence-corrected chi connectivity index (χ1v) is 12.6. The van der Waals surface area contributed by atoms with Crippen molar-refractivity contribution in [3.05, 3.63) is 65.9 Å². The molecule has 2 atom stereocenters. The highest BCUT2D eigenvalue weighted by Crippen LogP contribution is 2.33. The lowest BCUT2D eigenvalue weighted by Crippen LogP contribution is -2.43. The van der Waals surface area contributed by atoms with Crippen molar-refractivity contribution >= 4 is 29.1 Å². The first-order valence-electron chi connectivity index (χ1n) is 12.6. The van der Waals surface area contributed by atoms with Crippen LogP contribution in [0.25, 0.3) is 16.8 Å². The zero-order valence-corrected chi connectivity index (χ0v) is 21.0. The Morgan fingerprint density at radius 1 is 1.16 bits per heavy atom. The molecule has 0 spiro atoms. The van der Waals surface area contributed by atoms with Gasteiger partial charge in [-0.05, 0) is 36.6 Å². The van der Waals surface area contributed by atoms with Crippen LogP contribution >= 0.6 is 0 Å². The van der Waals surface area contributed by atoms with Gasteiger partial charge in [0.25, 0.3) is 0 Å². The van der Waals surface area contributed by atoms with Crippen LogP contribution in [0.4, 0.5) is 17.6 Å². The molecule has 2 aromatic heterocycles. The Hall–Kier alpha value is -4.02. The average molecular weight is 501 g/mol. The molecule has 10 heteroatoms. The number of aliphatic hydroxyl groups is 1. The van der Waals surface area contributed by atoms with E-state index < -0.39 is 12.0 Å². The number of carbonyl (C=O) groups excluding carboxylic acids is 1. The van der Waals surface area contributed by atoms with E-state index in [-0.39, 0.29) is 11.8 Å². The number of primary amides is 1. The van der Waals surface area contributed by atoms with E-state index in [4.69, 9.17) is 15.7 Å². The highest BCUT2D eigenvalue weighted by molar-refractivity contribution is 6.01. The zero-order chi connectivity index (χ0) is 25.9. The van der Waals surface area contributed by atoms with Crippen LogP contribution in [0.15, 0.2) is 54.7 Å². The zero-order valence-electron chi connectivity index (χ0n) is 21.0. The summed E-state index contributed by atoms with van der Waals surface area (Å²) >= 11 is 0. The minimum Gasteiger partial charge on any atom is -0.391 e. The molecule has 4 aromatic rings. The normalized spacial score (nSPS) is 17.7. The Balaban J connectivity index is 1.54. The number of anilines is 3. The first-order chi connectivity index (χ1) is 17.9. The molecule has 1 aliphatic heterocycles. The second-order valence-electron chi connectivity index (χ2n) is 9.64. The van der Waals surface area contributed by atoms with Gasteiger partial charge in [-0.3, -0.25) is 4.79 Å². The molecule has 1 saturated heterocycles. The van der Waals surface area contributed by atoms with E-state index in [9.17, 15) is 9.90 Å². The topological polar surface area (TPSA) is 142 Å². The predicted molar refractivity (Wildman–Crippen MR) is 144 cm³/mol. The number of hydrogen-bond donors (Lipinski definition) is 5. The summed E-state index contributed by atoms with van der Waals surface area (Å²) in [6.45, 7) is 6.22. The quantitative estimate of drug-likeness (QED) is 0.248. The fourth-order valence-electron chi connectivity index (χ4n) is 4.70. The summed E-state index contributed by atoms with van der Waals surface area (Å²) < 4.78 is 1.69. The van der Waals surface area contributed by atoms with Crippen molar-refractivity contribution in [3.63, 3.8) is 0 Å². The van der Waals surface area contributed by atoms with Gasteiger partial charge in [0.1, 0.15) is 0 Å². The minimum absolute atomic E-state index is 0.109. The second kappa shape index (κ2) is 10.5. The number of aliphatic hydroxyl groups excluding tert-OH is 1. The van der Waals surface area contributed by atoms with Gasteiger partial charge in [-0.25, -0.2) is 0 Å². The number of fused-ring (bicyclic) bond motifs is 1. The third-order valence-corrected chi connectivity index (χ3v) is 6.79. The largest absolute Gasteiger partial charge is 0.391 e. The number of nitrogens with two attached hydrogens (primary N) is 1. The number of para-hydroxylation sites is 1. The Kier molecular flexibility index (Phi) is 7.02. The van der Waals surface area contributed by atoms with E-state index in [2.05, 4.69) is 34.9 Å². The molecule has 0 saturated carbocycles. The van der Waals surface area contributed by atoms with Gasteiger partial charge in [0, 0.05) is 41.4 Å². The van der Waals surface area contributed by atoms with Gasteiger partial charge in [0.2, 0.25) is 17.8 Å². The fraction of sp³-hybridized carbons (Fsp3) is 0.333. The summed E-state index contributed by atoms with van der Waals surface area (Å²) in [5.41, 5.74) is 10.1.